The van der Waals surface area contributed by atoms with Crippen molar-refractivity contribution in [1.82, 2.24) is 4.98 Å². The number of benzene rings is 2. The van der Waals surface area contributed by atoms with Crippen LogP contribution in [0.15, 0.2) is 60.1 Å². The van der Waals surface area contributed by atoms with Crippen molar-refractivity contribution in [3.8, 4) is 23.1 Å². The third-order valence-electron chi connectivity index (χ3n) is 4.18. The highest BCUT2D eigenvalue weighted by atomic mass is 32.1. The highest BCUT2D eigenvalue weighted by molar-refractivity contribution is 7.11. The normalized spacial score (nSPS) is 11.3. The van der Waals surface area contributed by atoms with Crippen LogP contribution in [-0.2, 0) is 0 Å². The van der Waals surface area contributed by atoms with Crippen LogP contribution in [0.1, 0.15) is 30.3 Å². The van der Waals surface area contributed by atoms with Crippen LogP contribution in [0.5, 0.6) is 5.75 Å². The molecular formula is C22H21N3OS. The molecule has 0 spiro atoms. The highest BCUT2D eigenvalue weighted by Crippen LogP contribution is 2.29. The second-order valence-corrected chi connectivity index (χ2v) is 7.18. The van der Waals surface area contributed by atoms with E-state index in [1.807, 2.05) is 47.8 Å². The molecule has 5 heteroatoms. The quantitative estimate of drug-likeness (QED) is 0.543. The first-order valence-corrected chi connectivity index (χ1v) is 9.56. The molecule has 1 heterocycles. The zero-order valence-corrected chi connectivity index (χ0v) is 16.4. The predicted molar refractivity (Wildman–Crippen MR) is 112 cm³/mol. The van der Waals surface area contributed by atoms with Crippen LogP contribution in [0, 0.1) is 11.3 Å². The van der Waals surface area contributed by atoms with E-state index in [1.54, 1.807) is 13.3 Å². The third kappa shape index (κ3) is 4.36. The van der Waals surface area contributed by atoms with Gasteiger partial charge in [-0.2, -0.15) is 5.26 Å². The van der Waals surface area contributed by atoms with Crippen LogP contribution in [0.2, 0.25) is 0 Å². The van der Waals surface area contributed by atoms with E-state index in [2.05, 4.69) is 36.3 Å². The summed E-state index contributed by atoms with van der Waals surface area (Å²) < 4.78 is 5.27. The van der Waals surface area contributed by atoms with Gasteiger partial charge in [-0.05, 0) is 29.7 Å². The molecule has 2 aromatic carbocycles. The first kappa shape index (κ1) is 18.7. The maximum absolute atomic E-state index is 9.59. The Morgan fingerprint density at radius 1 is 1.22 bits per heavy atom. The van der Waals surface area contributed by atoms with Crippen LogP contribution in [0.4, 0.5) is 5.69 Å². The minimum Gasteiger partial charge on any atom is -0.497 e. The van der Waals surface area contributed by atoms with Crippen molar-refractivity contribution in [3.63, 3.8) is 0 Å². The van der Waals surface area contributed by atoms with E-state index in [4.69, 9.17) is 4.74 Å². The SMILES string of the molecule is COc1cccc(-c2csc(/C(C#N)=C\Nc3ccccc3C(C)C)n2)c1. The van der Waals surface area contributed by atoms with Gasteiger partial charge in [0.15, 0.2) is 0 Å². The summed E-state index contributed by atoms with van der Waals surface area (Å²) in [5.74, 6) is 1.18. The average molecular weight is 375 g/mol. The number of thiazole rings is 1. The average Bonchev–Trinajstić information content (AvgIpc) is 3.19. The van der Waals surface area contributed by atoms with E-state index in [9.17, 15) is 5.26 Å². The molecule has 0 atom stereocenters. The lowest BCUT2D eigenvalue weighted by Gasteiger charge is -2.12. The molecule has 27 heavy (non-hydrogen) atoms. The van der Waals surface area contributed by atoms with Crippen molar-refractivity contribution < 1.29 is 4.74 Å². The fraction of sp³-hybridized carbons (Fsp3) is 0.182. The molecule has 1 N–H and O–H groups in total. The Bertz CT molecular complexity index is 999. The highest BCUT2D eigenvalue weighted by Gasteiger charge is 2.10. The van der Waals surface area contributed by atoms with Crippen LogP contribution < -0.4 is 10.1 Å². The second-order valence-electron chi connectivity index (χ2n) is 6.33. The van der Waals surface area contributed by atoms with E-state index < -0.39 is 0 Å². The number of aromatic nitrogens is 1. The summed E-state index contributed by atoms with van der Waals surface area (Å²) in [5.41, 5.74) is 4.52. The fourth-order valence-corrected chi connectivity index (χ4v) is 3.53. The number of nitriles is 1. The summed E-state index contributed by atoms with van der Waals surface area (Å²) >= 11 is 1.45. The lowest BCUT2D eigenvalue weighted by atomic mass is 10.0. The molecule has 0 fully saturated rings. The largest absolute Gasteiger partial charge is 0.497 e. The molecule has 0 saturated heterocycles. The zero-order valence-electron chi connectivity index (χ0n) is 15.6. The molecule has 0 aliphatic heterocycles. The Hall–Kier alpha value is -3.10. The van der Waals surface area contributed by atoms with Crippen molar-refractivity contribution in [2.45, 2.75) is 19.8 Å². The van der Waals surface area contributed by atoms with E-state index in [0.717, 1.165) is 22.7 Å². The minimum absolute atomic E-state index is 0.396. The van der Waals surface area contributed by atoms with Crippen molar-refractivity contribution in [2.24, 2.45) is 0 Å². The van der Waals surface area contributed by atoms with Gasteiger partial charge in [0.25, 0.3) is 0 Å². The number of nitrogens with one attached hydrogen (secondary N) is 1. The number of anilines is 1. The lowest BCUT2D eigenvalue weighted by Crippen LogP contribution is -1.97. The molecule has 0 amide bonds. The first-order chi connectivity index (χ1) is 13.1. The summed E-state index contributed by atoms with van der Waals surface area (Å²) in [5, 5.41) is 15.5. The van der Waals surface area contributed by atoms with Gasteiger partial charge in [0.05, 0.1) is 12.8 Å². The van der Waals surface area contributed by atoms with Crippen LogP contribution >= 0.6 is 11.3 Å². The number of allylic oxidation sites excluding steroid dienone is 1. The molecule has 136 valence electrons. The summed E-state index contributed by atoms with van der Waals surface area (Å²) in [6.07, 6.45) is 1.73. The van der Waals surface area contributed by atoms with Gasteiger partial charge in [-0.25, -0.2) is 4.98 Å². The number of rotatable bonds is 6. The number of methoxy groups -OCH3 is 1. The standard InChI is InChI=1S/C22H21N3OS/c1-15(2)19-9-4-5-10-20(19)24-13-17(12-23)22-25-21(14-27-22)16-7-6-8-18(11-16)26-3/h4-11,13-15,24H,1-3H3/b17-13-. The Balaban J connectivity index is 1.86. The molecule has 0 saturated carbocycles. The Kier molecular flexibility index (Phi) is 5.90. The van der Waals surface area contributed by atoms with Gasteiger partial charge in [-0.3, -0.25) is 0 Å². The molecular weight excluding hydrogens is 354 g/mol. The number of ether oxygens (including phenoxy) is 1. The van der Waals surface area contributed by atoms with Gasteiger partial charge in [-0.15, -0.1) is 11.3 Å². The Labute approximate surface area is 163 Å². The molecule has 3 rings (SSSR count). The first-order valence-electron chi connectivity index (χ1n) is 8.68. The zero-order chi connectivity index (χ0) is 19.2. The van der Waals surface area contributed by atoms with E-state index in [1.165, 1.54) is 16.9 Å². The number of nitrogens with zero attached hydrogens (tertiary/aromatic N) is 2. The van der Waals surface area contributed by atoms with Crippen molar-refractivity contribution in [2.75, 3.05) is 12.4 Å². The van der Waals surface area contributed by atoms with Gasteiger partial charge in [-0.1, -0.05) is 44.2 Å². The topological polar surface area (TPSA) is 57.9 Å². The Morgan fingerprint density at radius 2 is 2.04 bits per heavy atom. The molecule has 3 aromatic rings. The molecule has 0 radical (unpaired) electrons. The maximum atomic E-state index is 9.59. The smallest absolute Gasteiger partial charge is 0.136 e. The summed E-state index contributed by atoms with van der Waals surface area (Å²) in [4.78, 5) is 4.63. The summed E-state index contributed by atoms with van der Waals surface area (Å²) in [6, 6.07) is 18.1. The lowest BCUT2D eigenvalue weighted by molar-refractivity contribution is 0.415. The third-order valence-corrected chi connectivity index (χ3v) is 5.05. The van der Waals surface area contributed by atoms with Gasteiger partial charge in [0.1, 0.15) is 22.4 Å². The van der Waals surface area contributed by atoms with E-state index in [0.29, 0.717) is 16.5 Å². The maximum Gasteiger partial charge on any atom is 0.136 e. The monoisotopic (exact) mass is 375 g/mol. The molecule has 1 aromatic heterocycles. The minimum atomic E-state index is 0.396. The van der Waals surface area contributed by atoms with Gasteiger partial charge in [0, 0.05) is 22.8 Å². The van der Waals surface area contributed by atoms with Gasteiger partial charge >= 0.3 is 0 Å². The van der Waals surface area contributed by atoms with Crippen LogP contribution in [-0.4, -0.2) is 12.1 Å². The molecule has 4 nitrogen and oxygen atoms in total. The van der Waals surface area contributed by atoms with Gasteiger partial charge in [0.2, 0.25) is 0 Å². The van der Waals surface area contributed by atoms with E-state index >= 15 is 0 Å². The number of hydrogen-bond acceptors (Lipinski definition) is 5. The number of para-hydroxylation sites is 1. The summed E-state index contributed by atoms with van der Waals surface area (Å²) in [7, 11) is 1.64. The molecule has 0 bridgehead atoms. The van der Waals surface area contributed by atoms with Crippen LogP contribution in [0.25, 0.3) is 16.8 Å². The molecule has 0 aliphatic carbocycles. The predicted octanol–water partition coefficient (Wildman–Crippen LogP) is 5.92. The van der Waals surface area contributed by atoms with E-state index in [-0.39, 0.29) is 0 Å². The van der Waals surface area contributed by atoms with Crippen molar-refractivity contribution in [3.05, 3.63) is 70.7 Å². The molecule has 0 aliphatic rings. The van der Waals surface area contributed by atoms with Crippen molar-refractivity contribution in [1.29, 1.82) is 5.26 Å². The molecule has 0 unspecified atom stereocenters. The van der Waals surface area contributed by atoms with Gasteiger partial charge < -0.3 is 10.1 Å². The fourth-order valence-electron chi connectivity index (χ4n) is 2.74. The number of hydrogen-bond donors (Lipinski definition) is 1. The summed E-state index contributed by atoms with van der Waals surface area (Å²) in [6.45, 7) is 4.30. The van der Waals surface area contributed by atoms with Crippen molar-refractivity contribution >= 4 is 22.6 Å². The van der Waals surface area contributed by atoms with Crippen LogP contribution in [0.3, 0.4) is 0 Å². The second kappa shape index (κ2) is 8.52. The Morgan fingerprint density at radius 3 is 2.78 bits per heavy atom.